The lowest BCUT2D eigenvalue weighted by Gasteiger charge is -2.21. The minimum Gasteiger partial charge on any atom is -0.389 e. The first-order valence-corrected chi connectivity index (χ1v) is 6.93. The number of anilines is 1. The number of para-hydroxylation sites is 1. The molecule has 0 atom stereocenters. The third-order valence-corrected chi connectivity index (χ3v) is 3.51. The number of amides is 1. The minimum atomic E-state index is -0.135. The van der Waals surface area contributed by atoms with Crippen molar-refractivity contribution in [1.29, 1.82) is 0 Å². The lowest BCUT2D eigenvalue weighted by Crippen LogP contribution is -2.29. The van der Waals surface area contributed by atoms with Gasteiger partial charge in [-0.3, -0.25) is 9.78 Å². The van der Waals surface area contributed by atoms with Crippen LogP contribution in [0.3, 0.4) is 0 Å². The van der Waals surface area contributed by atoms with Crippen molar-refractivity contribution >= 4 is 28.8 Å². The van der Waals surface area contributed by atoms with Crippen LogP contribution in [-0.2, 0) is 0 Å². The summed E-state index contributed by atoms with van der Waals surface area (Å²) in [6.45, 7) is 3.72. The topological polar surface area (TPSA) is 59.2 Å². The van der Waals surface area contributed by atoms with Gasteiger partial charge >= 0.3 is 0 Å². The number of rotatable bonds is 3. The smallest absolute Gasteiger partial charge is 0.259 e. The number of nitrogens with two attached hydrogens (primary N) is 1. The molecule has 0 aliphatic rings. The second-order valence-electron chi connectivity index (χ2n) is 4.83. The van der Waals surface area contributed by atoms with Gasteiger partial charge in [-0.2, -0.15) is 0 Å². The molecule has 5 heteroatoms. The van der Waals surface area contributed by atoms with Gasteiger partial charge in [-0.05, 0) is 38.1 Å². The molecule has 1 aromatic carbocycles. The van der Waals surface area contributed by atoms with Crippen LogP contribution in [0, 0.1) is 13.8 Å². The van der Waals surface area contributed by atoms with Crippen molar-refractivity contribution in [3.05, 3.63) is 58.9 Å². The summed E-state index contributed by atoms with van der Waals surface area (Å²) in [6.07, 6.45) is 0. The maximum absolute atomic E-state index is 12.7. The van der Waals surface area contributed by atoms with E-state index in [2.05, 4.69) is 4.98 Å². The van der Waals surface area contributed by atoms with E-state index in [-0.39, 0.29) is 10.9 Å². The van der Waals surface area contributed by atoms with Crippen LogP contribution in [0.15, 0.2) is 36.4 Å². The molecule has 0 fully saturated rings. The van der Waals surface area contributed by atoms with Gasteiger partial charge in [0.2, 0.25) is 0 Å². The van der Waals surface area contributed by atoms with Crippen LogP contribution in [0.25, 0.3) is 0 Å². The number of benzene rings is 1. The molecular weight excluding hydrogens is 282 g/mol. The van der Waals surface area contributed by atoms with Gasteiger partial charge in [-0.15, -0.1) is 0 Å². The lowest BCUT2D eigenvalue weighted by atomic mass is 10.1. The SMILES string of the molecule is Cc1ccc(C(=O)N(C)c2ccccc2C(N)=S)c(C)n1. The minimum absolute atomic E-state index is 0.135. The molecule has 0 unspecified atom stereocenters. The Kier molecular flexibility index (Phi) is 4.33. The first-order valence-electron chi connectivity index (χ1n) is 6.53. The van der Waals surface area contributed by atoms with Gasteiger partial charge in [-0.25, -0.2) is 0 Å². The Morgan fingerprint density at radius 1 is 1.14 bits per heavy atom. The van der Waals surface area contributed by atoms with Gasteiger partial charge in [-0.1, -0.05) is 24.4 Å². The lowest BCUT2D eigenvalue weighted by molar-refractivity contribution is 0.0992. The fraction of sp³-hybridized carbons (Fsp3) is 0.188. The first kappa shape index (κ1) is 15.1. The monoisotopic (exact) mass is 299 g/mol. The van der Waals surface area contributed by atoms with Gasteiger partial charge in [0.05, 0.1) is 16.9 Å². The molecule has 1 heterocycles. The third-order valence-electron chi connectivity index (χ3n) is 3.29. The van der Waals surface area contributed by atoms with Crippen LogP contribution in [0.2, 0.25) is 0 Å². The third kappa shape index (κ3) is 3.08. The Morgan fingerprint density at radius 2 is 1.81 bits per heavy atom. The fourth-order valence-corrected chi connectivity index (χ4v) is 2.35. The molecule has 21 heavy (non-hydrogen) atoms. The molecule has 0 radical (unpaired) electrons. The maximum Gasteiger partial charge on any atom is 0.259 e. The van der Waals surface area contributed by atoms with Crippen molar-refractivity contribution < 1.29 is 4.79 Å². The molecule has 1 amide bonds. The van der Waals surface area contributed by atoms with E-state index in [4.69, 9.17) is 18.0 Å². The van der Waals surface area contributed by atoms with Crippen molar-refractivity contribution in [2.75, 3.05) is 11.9 Å². The normalized spacial score (nSPS) is 10.2. The highest BCUT2D eigenvalue weighted by atomic mass is 32.1. The molecule has 0 aliphatic heterocycles. The molecule has 2 rings (SSSR count). The maximum atomic E-state index is 12.7. The zero-order valence-electron chi connectivity index (χ0n) is 12.3. The molecule has 0 spiro atoms. The number of hydrogen-bond donors (Lipinski definition) is 1. The van der Waals surface area contributed by atoms with Crippen LogP contribution in [0.4, 0.5) is 5.69 Å². The highest BCUT2D eigenvalue weighted by Crippen LogP contribution is 2.21. The van der Waals surface area contributed by atoms with E-state index < -0.39 is 0 Å². The standard InChI is InChI=1S/C16H17N3OS/c1-10-8-9-12(11(2)18-10)16(20)19(3)14-7-5-4-6-13(14)15(17)21/h4-9H,1-3H3,(H2,17,21). The Balaban J connectivity index is 2.42. The largest absolute Gasteiger partial charge is 0.389 e. The second-order valence-corrected chi connectivity index (χ2v) is 5.27. The van der Waals surface area contributed by atoms with Crippen LogP contribution in [-0.4, -0.2) is 22.9 Å². The van der Waals surface area contributed by atoms with E-state index in [9.17, 15) is 4.79 Å². The second kappa shape index (κ2) is 6.01. The number of thiocarbonyl (C=S) groups is 1. The molecule has 2 N–H and O–H groups in total. The first-order chi connectivity index (χ1) is 9.91. The molecule has 0 saturated heterocycles. The van der Waals surface area contributed by atoms with Crippen molar-refractivity contribution in [2.45, 2.75) is 13.8 Å². The predicted molar refractivity (Wildman–Crippen MR) is 88.8 cm³/mol. The number of aryl methyl sites for hydroxylation is 2. The Bertz CT molecular complexity index is 712. The van der Waals surface area contributed by atoms with Crippen molar-refractivity contribution in [1.82, 2.24) is 4.98 Å². The molecule has 0 saturated carbocycles. The molecule has 0 bridgehead atoms. The Labute approximate surface area is 129 Å². The molecular formula is C16H17N3OS. The number of carbonyl (C=O) groups is 1. The van der Waals surface area contributed by atoms with E-state index >= 15 is 0 Å². The average molecular weight is 299 g/mol. The van der Waals surface area contributed by atoms with Crippen LogP contribution in [0.5, 0.6) is 0 Å². The Morgan fingerprint density at radius 3 is 2.43 bits per heavy atom. The summed E-state index contributed by atoms with van der Waals surface area (Å²) >= 11 is 5.04. The zero-order valence-corrected chi connectivity index (χ0v) is 13.1. The van der Waals surface area contributed by atoms with Gasteiger partial charge in [0.15, 0.2) is 0 Å². The summed E-state index contributed by atoms with van der Waals surface area (Å²) < 4.78 is 0. The van der Waals surface area contributed by atoms with E-state index in [1.165, 1.54) is 0 Å². The van der Waals surface area contributed by atoms with Gasteiger partial charge < -0.3 is 10.6 Å². The van der Waals surface area contributed by atoms with Gasteiger partial charge in [0.25, 0.3) is 5.91 Å². The number of hydrogen-bond acceptors (Lipinski definition) is 3. The summed E-state index contributed by atoms with van der Waals surface area (Å²) in [6, 6.07) is 10.9. The summed E-state index contributed by atoms with van der Waals surface area (Å²) in [5.41, 5.74) is 9.26. The zero-order chi connectivity index (χ0) is 15.6. The molecule has 2 aromatic rings. The number of pyridine rings is 1. The quantitative estimate of drug-likeness (QED) is 0.885. The van der Waals surface area contributed by atoms with Crippen LogP contribution < -0.4 is 10.6 Å². The average Bonchev–Trinajstić information content (AvgIpc) is 2.45. The number of aromatic nitrogens is 1. The van der Waals surface area contributed by atoms with Gasteiger partial charge in [0.1, 0.15) is 4.99 Å². The molecule has 0 aliphatic carbocycles. The summed E-state index contributed by atoms with van der Waals surface area (Å²) in [4.78, 5) is 18.8. The molecule has 108 valence electrons. The predicted octanol–water partition coefficient (Wildman–Crippen LogP) is 2.61. The summed E-state index contributed by atoms with van der Waals surface area (Å²) in [5, 5.41) is 0. The highest BCUT2D eigenvalue weighted by molar-refractivity contribution is 7.80. The van der Waals surface area contributed by atoms with Crippen LogP contribution >= 0.6 is 12.2 Å². The Hall–Kier alpha value is -2.27. The fourth-order valence-electron chi connectivity index (χ4n) is 2.18. The highest BCUT2D eigenvalue weighted by Gasteiger charge is 2.19. The summed E-state index contributed by atoms with van der Waals surface area (Å²) in [7, 11) is 1.71. The van der Waals surface area contributed by atoms with Crippen molar-refractivity contribution in [3.8, 4) is 0 Å². The van der Waals surface area contributed by atoms with E-state index in [0.29, 0.717) is 22.5 Å². The van der Waals surface area contributed by atoms with E-state index in [0.717, 1.165) is 5.69 Å². The molecule has 4 nitrogen and oxygen atoms in total. The van der Waals surface area contributed by atoms with Crippen molar-refractivity contribution in [2.24, 2.45) is 5.73 Å². The number of carbonyl (C=O) groups excluding carboxylic acids is 1. The number of nitrogens with zero attached hydrogens (tertiary/aromatic N) is 2. The van der Waals surface area contributed by atoms with Gasteiger partial charge in [0, 0.05) is 18.3 Å². The summed E-state index contributed by atoms with van der Waals surface area (Å²) in [5.74, 6) is -0.135. The van der Waals surface area contributed by atoms with E-state index in [1.54, 1.807) is 18.0 Å². The molecule has 1 aromatic heterocycles. The van der Waals surface area contributed by atoms with Crippen LogP contribution in [0.1, 0.15) is 27.3 Å². The van der Waals surface area contributed by atoms with E-state index in [1.807, 2.05) is 44.2 Å². The van der Waals surface area contributed by atoms with Crippen molar-refractivity contribution in [3.63, 3.8) is 0 Å².